The summed E-state index contributed by atoms with van der Waals surface area (Å²) in [6.45, 7) is 2.23. The van der Waals surface area contributed by atoms with E-state index in [0.29, 0.717) is 18.1 Å². The molecule has 1 amide bonds. The molecule has 7 heteroatoms. The second kappa shape index (κ2) is 5.77. The second-order valence-electron chi connectivity index (χ2n) is 5.61. The molecular weight excluding hydrogens is 270 g/mol. The Hall–Kier alpha value is -2.02. The van der Waals surface area contributed by atoms with Crippen LogP contribution < -0.4 is 20.9 Å². The molecular formula is C14H21N5O2. The highest BCUT2D eigenvalue weighted by Gasteiger charge is 2.28. The van der Waals surface area contributed by atoms with Crippen molar-refractivity contribution in [3.8, 4) is 0 Å². The summed E-state index contributed by atoms with van der Waals surface area (Å²) in [6.07, 6.45) is 3.05. The van der Waals surface area contributed by atoms with Gasteiger partial charge in [-0.3, -0.25) is 4.79 Å². The molecule has 21 heavy (non-hydrogen) atoms. The van der Waals surface area contributed by atoms with Crippen molar-refractivity contribution in [3.63, 3.8) is 0 Å². The van der Waals surface area contributed by atoms with E-state index in [1.54, 1.807) is 0 Å². The lowest BCUT2D eigenvalue weighted by Gasteiger charge is -2.27. The van der Waals surface area contributed by atoms with Crippen LogP contribution in [0.2, 0.25) is 0 Å². The molecule has 0 radical (unpaired) electrons. The van der Waals surface area contributed by atoms with Crippen LogP contribution in [0.1, 0.15) is 19.3 Å². The van der Waals surface area contributed by atoms with E-state index < -0.39 is 0 Å². The fourth-order valence-electron chi connectivity index (χ4n) is 3.08. The minimum atomic E-state index is -0.288. The zero-order valence-electron chi connectivity index (χ0n) is 11.9. The fraction of sp³-hybridized carbons (Fsp3) is 0.571. The first-order chi connectivity index (χ1) is 10.2. The maximum Gasteiger partial charge on any atom is 0.208 e. The Morgan fingerprint density at radius 1 is 1.38 bits per heavy atom. The number of hydrogen-bond acceptors (Lipinski definition) is 6. The van der Waals surface area contributed by atoms with Crippen LogP contribution in [-0.4, -0.2) is 48.4 Å². The number of β-amino-alcohol motifs (C(OH)–C–C–N with tert-alkyl or cyclic N) is 1. The van der Waals surface area contributed by atoms with E-state index in [1.165, 1.54) is 0 Å². The molecule has 2 saturated heterocycles. The van der Waals surface area contributed by atoms with Crippen molar-refractivity contribution in [1.29, 1.82) is 0 Å². The summed E-state index contributed by atoms with van der Waals surface area (Å²) >= 11 is 0. The van der Waals surface area contributed by atoms with Crippen LogP contribution in [0.15, 0.2) is 12.1 Å². The number of aliphatic hydroxyl groups is 1. The summed E-state index contributed by atoms with van der Waals surface area (Å²) in [4.78, 5) is 19.5. The number of amides is 1. The molecule has 3 heterocycles. The Kier molecular flexibility index (Phi) is 3.83. The van der Waals surface area contributed by atoms with Gasteiger partial charge in [-0.1, -0.05) is 0 Å². The lowest BCUT2D eigenvalue weighted by Crippen LogP contribution is -2.41. The van der Waals surface area contributed by atoms with Gasteiger partial charge in [0.15, 0.2) is 5.82 Å². The molecule has 114 valence electrons. The quantitative estimate of drug-likeness (QED) is 0.671. The molecule has 1 aromatic heterocycles. The van der Waals surface area contributed by atoms with Crippen molar-refractivity contribution in [3.05, 3.63) is 12.1 Å². The topological polar surface area (TPSA) is 94.7 Å². The molecule has 2 aliphatic rings. The first kappa shape index (κ1) is 13.9. The van der Waals surface area contributed by atoms with Crippen LogP contribution in [0.5, 0.6) is 0 Å². The number of rotatable bonds is 4. The molecule has 3 rings (SSSR count). The summed E-state index contributed by atoms with van der Waals surface area (Å²) in [5, 5.41) is 12.5. The number of nitrogens with one attached hydrogen (secondary N) is 1. The standard InChI is InChI=1S/C14H21N5O2/c15-11-3-4-13(18-7-5-10(21)8-18)17-14(11)19-6-1-2-12(19)16-9-20/h3-4,9-10,12,21H,1-2,5-8,15H2,(H,16,20). The predicted molar refractivity (Wildman–Crippen MR) is 81.1 cm³/mol. The lowest BCUT2D eigenvalue weighted by molar-refractivity contribution is -0.110. The number of carbonyl (C=O) groups excluding carboxylic acids is 1. The molecule has 0 bridgehead atoms. The van der Waals surface area contributed by atoms with Gasteiger partial charge in [0, 0.05) is 19.6 Å². The molecule has 0 aliphatic carbocycles. The van der Waals surface area contributed by atoms with E-state index in [0.717, 1.165) is 44.6 Å². The van der Waals surface area contributed by atoms with E-state index in [1.807, 2.05) is 17.0 Å². The molecule has 2 aliphatic heterocycles. The molecule has 0 spiro atoms. The van der Waals surface area contributed by atoms with E-state index >= 15 is 0 Å². The van der Waals surface area contributed by atoms with Crippen molar-refractivity contribution in [1.82, 2.24) is 10.3 Å². The average Bonchev–Trinajstić information content (AvgIpc) is 3.09. The third kappa shape index (κ3) is 2.73. The van der Waals surface area contributed by atoms with Crippen LogP contribution in [0.4, 0.5) is 17.3 Å². The smallest absolute Gasteiger partial charge is 0.208 e. The summed E-state index contributed by atoms with van der Waals surface area (Å²) in [5.41, 5.74) is 6.67. The van der Waals surface area contributed by atoms with Gasteiger partial charge in [-0.15, -0.1) is 0 Å². The average molecular weight is 291 g/mol. The number of nitrogens with two attached hydrogens (primary N) is 1. The molecule has 7 nitrogen and oxygen atoms in total. The lowest BCUT2D eigenvalue weighted by atomic mass is 10.3. The number of nitrogen functional groups attached to an aromatic ring is 1. The van der Waals surface area contributed by atoms with Crippen molar-refractivity contribution in [2.24, 2.45) is 0 Å². The SMILES string of the molecule is Nc1ccc(N2CCC(O)C2)nc1N1CCCC1NC=O. The van der Waals surface area contributed by atoms with Crippen molar-refractivity contribution >= 4 is 23.7 Å². The third-order valence-corrected chi connectivity index (χ3v) is 4.16. The minimum absolute atomic E-state index is 0.0447. The van der Waals surface area contributed by atoms with Gasteiger partial charge >= 0.3 is 0 Å². The third-order valence-electron chi connectivity index (χ3n) is 4.16. The number of anilines is 3. The highest BCUT2D eigenvalue weighted by atomic mass is 16.3. The number of aliphatic hydroxyl groups excluding tert-OH is 1. The van der Waals surface area contributed by atoms with Crippen LogP contribution in [0.3, 0.4) is 0 Å². The Bertz CT molecular complexity index is 524. The van der Waals surface area contributed by atoms with Gasteiger partial charge in [0.05, 0.1) is 11.8 Å². The van der Waals surface area contributed by atoms with Gasteiger partial charge < -0.3 is 26.0 Å². The van der Waals surface area contributed by atoms with Crippen molar-refractivity contribution < 1.29 is 9.90 Å². The van der Waals surface area contributed by atoms with Crippen LogP contribution in [-0.2, 0) is 4.79 Å². The number of nitrogens with zero attached hydrogens (tertiary/aromatic N) is 3. The normalized spacial score (nSPS) is 25.4. The molecule has 2 unspecified atom stereocenters. The summed E-state index contributed by atoms with van der Waals surface area (Å²) in [5.74, 6) is 1.54. The zero-order valence-corrected chi connectivity index (χ0v) is 11.9. The molecule has 2 fully saturated rings. The first-order valence-electron chi connectivity index (χ1n) is 7.35. The van der Waals surface area contributed by atoms with Gasteiger partial charge in [-0.2, -0.15) is 0 Å². The monoisotopic (exact) mass is 291 g/mol. The molecule has 0 saturated carbocycles. The highest BCUT2D eigenvalue weighted by molar-refractivity contribution is 5.67. The number of aromatic nitrogens is 1. The van der Waals surface area contributed by atoms with Gasteiger partial charge in [0.25, 0.3) is 0 Å². The maximum atomic E-state index is 10.7. The fourth-order valence-corrected chi connectivity index (χ4v) is 3.08. The van der Waals surface area contributed by atoms with Gasteiger partial charge in [0.2, 0.25) is 6.41 Å². The minimum Gasteiger partial charge on any atom is -0.396 e. The Morgan fingerprint density at radius 2 is 2.24 bits per heavy atom. The highest BCUT2D eigenvalue weighted by Crippen LogP contribution is 2.30. The maximum absolute atomic E-state index is 10.7. The number of carbonyl (C=O) groups is 1. The molecule has 0 aromatic carbocycles. The Labute approximate surface area is 123 Å². The summed E-state index contributed by atoms with van der Waals surface area (Å²) < 4.78 is 0. The number of hydrogen-bond donors (Lipinski definition) is 3. The van der Waals surface area contributed by atoms with E-state index in [-0.39, 0.29) is 12.3 Å². The molecule has 2 atom stereocenters. The summed E-state index contributed by atoms with van der Waals surface area (Å²) in [6, 6.07) is 3.73. The van der Waals surface area contributed by atoms with Crippen LogP contribution >= 0.6 is 0 Å². The van der Waals surface area contributed by atoms with E-state index in [9.17, 15) is 9.90 Å². The largest absolute Gasteiger partial charge is 0.396 e. The van der Waals surface area contributed by atoms with Gasteiger partial charge in [0.1, 0.15) is 12.0 Å². The molecule has 4 N–H and O–H groups in total. The second-order valence-corrected chi connectivity index (χ2v) is 5.61. The van der Waals surface area contributed by atoms with Crippen LogP contribution in [0.25, 0.3) is 0 Å². The van der Waals surface area contributed by atoms with Gasteiger partial charge in [-0.25, -0.2) is 4.98 Å². The van der Waals surface area contributed by atoms with E-state index in [2.05, 4.69) is 15.2 Å². The number of pyridine rings is 1. The summed E-state index contributed by atoms with van der Waals surface area (Å²) in [7, 11) is 0. The molecule has 1 aromatic rings. The van der Waals surface area contributed by atoms with Gasteiger partial charge in [-0.05, 0) is 31.4 Å². The Balaban J connectivity index is 1.85. The van der Waals surface area contributed by atoms with E-state index in [4.69, 9.17) is 5.73 Å². The Morgan fingerprint density at radius 3 is 2.95 bits per heavy atom. The zero-order chi connectivity index (χ0) is 14.8. The predicted octanol–water partition coefficient (Wildman–Crippen LogP) is -0.0929. The van der Waals surface area contributed by atoms with Crippen molar-refractivity contribution in [2.45, 2.75) is 31.5 Å². The van der Waals surface area contributed by atoms with Crippen LogP contribution in [0, 0.1) is 0 Å². The van der Waals surface area contributed by atoms with Crippen molar-refractivity contribution in [2.75, 3.05) is 35.2 Å². The first-order valence-corrected chi connectivity index (χ1v) is 7.35.